The van der Waals surface area contributed by atoms with Crippen LogP contribution in [0.1, 0.15) is 86.5 Å². The third-order valence-electron chi connectivity index (χ3n) is 5.72. The van der Waals surface area contributed by atoms with E-state index >= 15 is 0 Å². The second kappa shape index (κ2) is 10.3. The van der Waals surface area contributed by atoms with E-state index in [9.17, 15) is 9.59 Å². The van der Waals surface area contributed by atoms with Gasteiger partial charge in [-0.1, -0.05) is 12.8 Å². The van der Waals surface area contributed by atoms with Gasteiger partial charge in [0.1, 0.15) is 0 Å². The molecule has 29 heavy (non-hydrogen) atoms. The monoisotopic (exact) mass is 408 g/mol. The van der Waals surface area contributed by atoms with Gasteiger partial charge in [0.25, 0.3) is 0 Å². The van der Waals surface area contributed by atoms with Crippen molar-refractivity contribution >= 4 is 11.8 Å². The Labute approximate surface area is 178 Å². The van der Waals surface area contributed by atoms with E-state index < -0.39 is 0 Å². The Morgan fingerprint density at radius 3 is 1.45 bits per heavy atom. The van der Waals surface area contributed by atoms with Gasteiger partial charge in [0.15, 0.2) is 0 Å². The first-order valence-electron chi connectivity index (χ1n) is 11.6. The van der Waals surface area contributed by atoms with Gasteiger partial charge in [-0.25, -0.2) is 0 Å². The van der Waals surface area contributed by atoms with E-state index in [-0.39, 0.29) is 35.0 Å². The minimum atomic E-state index is -0.193. The van der Waals surface area contributed by atoms with E-state index in [0.29, 0.717) is 0 Å². The predicted molar refractivity (Wildman–Crippen MR) is 119 cm³/mol. The molecule has 0 spiro atoms. The van der Waals surface area contributed by atoms with Crippen molar-refractivity contribution in [1.29, 1.82) is 0 Å². The third-order valence-corrected chi connectivity index (χ3v) is 5.72. The molecule has 0 aliphatic carbocycles. The zero-order valence-electron chi connectivity index (χ0n) is 19.6. The average molecular weight is 409 g/mol. The van der Waals surface area contributed by atoms with Gasteiger partial charge >= 0.3 is 0 Å². The van der Waals surface area contributed by atoms with Gasteiger partial charge in [-0.2, -0.15) is 0 Å². The van der Waals surface area contributed by atoms with Crippen molar-refractivity contribution in [3.63, 3.8) is 0 Å². The normalized spacial score (nSPS) is 24.9. The van der Waals surface area contributed by atoms with Gasteiger partial charge in [0.05, 0.1) is 12.1 Å². The number of likely N-dealkylation sites (tertiary alicyclic amines) is 2. The van der Waals surface area contributed by atoms with Crippen molar-refractivity contribution in [2.45, 2.75) is 110 Å². The molecule has 6 heteroatoms. The summed E-state index contributed by atoms with van der Waals surface area (Å²) in [6.07, 6.45) is 7.47. The summed E-state index contributed by atoms with van der Waals surface area (Å²) in [6, 6.07) is -0.0198. The second-order valence-corrected chi connectivity index (χ2v) is 10.9. The lowest BCUT2D eigenvalue weighted by Crippen LogP contribution is -2.55. The van der Waals surface area contributed by atoms with Crippen molar-refractivity contribution < 1.29 is 9.59 Å². The molecule has 2 atom stereocenters. The molecule has 0 bridgehead atoms. The summed E-state index contributed by atoms with van der Waals surface area (Å²) < 4.78 is 0. The van der Waals surface area contributed by atoms with Crippen LogP contribution < -0.4 is 10.6 Å². The standard InChI is InChI=1S/C23H44N4O2/c1-22(2,3)24-20(28)18-12-7-9-14-26(18)16-11-17-27-15-10-8-13-19(27)21(29)25-23(4,5)6/h18-19H,7-17H2,1-6H3,(H,24,28)(H,25,29)/t18-,19-/m0/s1. The molecule has 2 fully saturated rings. The zero-order chi connectivity index (χ0) is 21.7. The van der Waals surface area contributed by atoms with Gasteiger partial charge in [0, 0.05) is 24.2 Å². The van der Waals surface area contributed by atoms with Gasteiger partial charge in [-0.05, 0) is 86.7 Å². The lowest BCUT2D eigenvalue weighted by atomic mass is 9.98. The van der Waals surface area contributed by atoms with Gasteiger partial charge in [-0.15, -0.1) is 0 Å². The number of nitrogens with one attached hydrogen (secondary N) is 2. The number of hydrogen-bond donors (Lipinski definition) is 2. The van der Waals surface area contributed by atoms with E-state index in [1.165, 1.54) is 12.8 Å². The van der Waals surface area contributed by atoms with E-state index in [1.54, 1.807) is 0 Å². The number of piperidine rings is 2. The fourth-order valence-electron chi connectivity index (χ4n) is 4.49. The summed E-state index contributed by atoms with van der Waals surface area (Å²) in [5.41, 5.74) is -0.386. The molecule has 2 saturated heterocycles. The Kier molecular flexibility index (Phi) is 8.53. The fraction of sp³-hybridized carbons (Fsp3) is 0.913. The smallest absolute Gasteiger partial charge is 0.237 e. The van der Waals surface area contributed by atoms with E-state index in [1.807, 2.05) is 41.5 Å². The summed E-state index contributed by atoms with van der Waals surface area (Å²) in [6.45, 7) is 16.1. The van der Waals surface area contributed by atoms with Crippen molar-refractivity contribution in [3.8, 4) is 0 Å². The van der Waals surface area contributed by atoms with Gasteiger partial charge in [-0.3, -0.25) is 19.4 Å². The highest BCUT2D eigenvalue weighted by atomic mass is 16.2. The fourth-order valence-corrected chi connectivity index (χ4v) is 4.49. The minimum Gasteiger partial charge on any atom is -0.350 e. The molecular weight excluding hydrogens is 364 g/mol. The largest absolute Gasteiger partial charge is 0.350 e. The predicted octanol–water partition coefficient (Wildman–Crippen LogP) is 2.91. The Morgan fingerprint density at radius 2 is 1.10 bits per heavy atom. The third kappa shape index (κ3) is 8.25. The molecule has 0 aromatic carbocycles. The summed E-state index contributed by atoms with van der Waals surface area (Å²) in [7, 11) is 0. The highest BCUT2D eigenvalue weighted by molar-refractivity contribution is 5.83. The highest BCUT2D eigenvalue weighted by Gasteiger charge is 2.32. The van der Waals surface area contributed by atoms with Crippen LogP contribution in [0.4, 0.5) is 0 Å². The van der Waals surface area contributed by atoms with Gasteiger partial charge < -0.3 is 10.6 Å². The maximum atomic E-state index is 12.7. The molecule has 0 radical (unpaired) electrons. The quantitative estimate of drug-likeness (QED) is 0.709. The molecule has 0 aromatic heterocycles. The molecule has 2 aliphatic rings. The second-order valence-electron chi connectivity index (χ2n) is 10.9. The highest BCUT2D eigenvalue weighted by Crippen LogP contribution is 2.21. The van der Waals surface area contributed by atoms with Crippen LogP contribution in [0.25, 0.3) is 0 Å². The van der Waals surface area contributed by atoms with Crippen LogP contribution in [0.2, 0.25) is 0 Å². The van der Waals surface area contributed by atoms with Crippen LogP contribution in [0.15, 0.2) is 0 Å². The first-order chi connectivity index (χ1) is 13.5. The molecule has 2 amide bonds. The zero-order valence-corrected chi connectivity index (χ0v) is 19.6. The first-order valence-corrected chi connectivity index (χ1v) is 11.6. The number of rotatable bonds is 6. The van der Waals surface area contributed by atoms with Crippen LogP contribution in [0, 0.1) is 0 Å². The van der Waals surface area contributed by atoms with Crippen LogP contribution in [-0.4, -0.2) is 71.0 Å². The molecule has 2 N–H and O–H groups in total. The van der Waals surface area contributed by atoms with Crippen LogP contribution in [0.3, 0.4) is 0 Å². The van der Waals surface area contributed by atoms with Crippen LogP contribution >= 0.6 is 0 Å². The van der Waals surface area contributed by atoms with Crippen molar-refractivity contribution in [2.75, 3.05) is 26.2 Å². The number of carbonyl (C=O) groups is 2. The maximum Gasteiger partial charge on any atom is 0.237 e. The molecule has 2 aliphatic heterocycles. The first kappa shape index (κ1) is 24.1. The average Bonchev–Trinajstić information content (AvgIpc) is 2.59. The van der Waals surface area contributed by atoms with Crippen molar-refractivity contribution in [3.05, 3.63) is 0 Å². The minimum absolute atomic E-state index is 0.00989. The summed E-state index contributed by atoms with van der Waals surface area (Å²) >= 11 is 0. The van der Waals surface area contributed by atoms with Crippen molar-refractivity contribution in [2.24, 2.45) is 0 Å². The summed E-state index contributed by atoms with van der Waals surface area (Å²) in [4.78, 5) is 30.2. The molecule has 0 unspecified atom stereocenters. The molecule has 168 valence electrons. The van der Waals surface area contributed by atoms with E-state index in [4.69, 9.17) is 0 Å². The summed E-state index contributed by atoms with van der Waals surface area (Å²) in [5.74, 6) is 0.329. The molecular formula is C23H44N4O2. The number of hydrogen-bond acceptors (Lipinski definition) is 4. The Hall–Kier alpha value is -1.14. The number of amides is 2. The lowest BCUT2D eigenvalue weighted by molar-refractivity contribution is -0.129. The molecule has 0 aromatic rings. The SMILES string of the molecule is CC(C)(C)NC(=O)[C@@H]1CCCCN1CCCN1CCCC[C@H]1C(=O)NC(C)(C)C. The maximum absolute atomic E-state index is 12.7. The molecule has 6 nitrogen and oxygen atoms in total. The van der Waals surface area contributed by atoms with Gasteiger partial charge in [0.2, 0.25) is 11.8 Å². The molecule has 2 rings (SSSR count). The van der Waals surface area contributed by atoms with E-state index in [2.05, 4.69) is 20.4 Å². The van der Waals surface area contributed by atoms with Crippen LogP contribution in [0.5, 0.6) is 0 Å². The number of nitrogens with zero attached hydrogens (tertiary/aromatic N) is 2. The Bertz CT molecular complexity index is 502. The summed E-state index contributed by atoms with van der Waals surface area (Å²) in [5, 5.41) is 6.32. The van der Waals surface area contributed by atoms with Crippen molar-refractivity contribution in [1.82, 2.24) is 20.4 Å². The Morgan fingerprint density at radius 1 is 0.724 bits per heavy atom. The lowest BCUT2D eigenvalue weighted by Gasteiger charge is -2.38. The molecule has 2 heterocycles. The Balaban J connectivity index is 1.88. The number of carbonyl (C=O) groups excluding carboxylic acids is 2. The molecule has 0 saturated carbocycles. The van der Waals surface area contributed by atoms with Crippen LogP contribution in [-0.2, 0) is 9.59 Å². The van der Waals surface area contributed by atoms with E-state index in [0.717, 1.165) is 58.3 Å². The topological polar surface area (TPSA) is 64.7 Å².